The molecule has 1 amide bonds. The zero-order chi connectivity index (χ0) is 14.8. The van der Waals surface area contributed by atoms with E-state index in [1.165, 1.54) is 6.92 Å². The fourth-order valence-electron chi connectivity index (χ4n) is 2.26. The van der Waals surface area contributed by atoms with Crippen LogP contribution in [0, 0.1) is 0 Å². The molecule has 1 heterocycles. The van der Waals surface area contributed by atoms with Crippen LogP contribution in [-0.4, -0.2) is 11.9 Å². The molecular weight excluding hydrogens is 268 g/mol. The van der Waals surface area contributed by atoms with Crippen molar-refractivity contribution in [1.82, 2.24) is 0 Å². The first-order chi connectivity index (χ1) is 10.1. The van der Waals surface area contributed by atoms with Gasteiger partial charge in [0.1, 0.15) is 0 Å². The Hall–Kier alpha value is -2.82. The van der Waals surface area contributed by atoms with E-state index < -0.39 is 6.23 Å². The summed E-state index contributed by atoms with van der Waals surface area (Å²) in [5.74, 6) is -0.438. The van der Waals surface area contributed by atoms with Gasteiger partial charge in [0.05, 0.1) is 5.56 Å². The van der Waals surface area contributed by atoms with Crippen LogP contribution in [0.1, 0.15) is 29.1 Å². The zero-order valence-electron chi connectivity index (χ0n) is 11.4. The quantitative estimate of drug-likeness (QED) is 0.849. The third-order valence-electron chi connectivity index (χ3n) is 3.19. The predicted octanol–water partition coefficient (Wildman–Crippen LogP) is 2.93. The molecule has 1 aliphatic rings. The molecule has 0 saturated heterocycles. The SMILES string of the molecule is CC(=O)Nc1ccc(N[C@@H]2OC(=O)c3ccccc32)cc1. The molecule has 1 atom stereocenters. The number of anilines is 2. The van der Waals surface area contributed by atoms with Gasteiger partial charge in [0.25, 0.3) is 0 Å². The highest BCUT2D eigenvalue weighted by Gasteiger charge is 2.30. The van der Waals surface area contributed by atoms with Crippen LogP contribution in [0.4, 0.5) is 11.4 Å². The Morgan fingerprint density at radius 3 is 2.43 bits per heavy atom. The van der Waals surface area contributed by atoms with Crippen LogP contribution in [0.5, 0.6) is 0 Å². The first-order valence-electron chi connectivity index (χ1n) is 6.57. The van der Waals surface area contributed by atoms with E-state index in [0.717, 1.165) is 16.9 Å². The van der Waals surface area contributed by atoms with E-state index in [2.05, 4.69) is 10.6 Å². The maximum Gasteiger partial charge on any atom is 0.340 e. The lowest BCUT2D eigenvalue weighted by molar-refractivity contribution is -0.114. The Labute approximate surface area is 121 Å². The first kappa shape index (κ1) is 13.2. The van der Waals surface area contributed by atoms with Gasteiger partial charge in [0, 0.05) is 23.9 Å². The average Bonchev–Trinajstić information content (AvgIpc) is 2.78. The topological polar surface area (TPSA) is 67.4 Å². The van der Waals surface area contributed by atoms with Gasteiger partial charge in [-0.2, -0.15) is 0 Å². The van der Waals surface area contributed by atoms with Gasteiger partial charge in [-0.15, -0.1) is 0 Å². The van der Waals surface area contributed by atoms with Crippen molar-refractivity contribution in [2.24, 2.45) is 0 Å². The van der Waals surface area contributed by atoms with Gasteiger partial charge in [-0.25, -0.2) is 4.79 Å². The first-order valence-corrected chi connectivity index (χ1v) is 6.57. The smallest absolute Gasteiger partial charge is 0.340 e. The second kappa shape index (κ2) is 5.28. The lowest BCUT2D eigenvalue weighted by Crippen LogP contribution is -2.10. The number of amides is 1. The van der Waals surface area contributed by atoms with Crippen molar-refractivity contribution >= 4 is 23.3 Å². The lowest BCUT2D eigenvalue weighted by atomic mass is 10.1. The number of cyclic esters (lactones) is 1. The Kier molecular flexibility index (Phi) is 3.31. The Morgan fingerprint density at radius 1 is 1.05 bits per heavy atom. The van der Waals surface area contributed by atoms with Crippen molar-refractivity contribution in [1.29, 1.82) is 0 Å². The Bertz CT molecular complexity index is 695. The zero-order valence-corrected chi connectivity index (χ0v) is 11.4. The van der Waals surface area contributed by atoms with Crippen molar-refractivity contribution in [2.75, 3.05) is 10.6 Å². The fraction of sp³-hybridized carbons (Fsp3) is 0.125. The summed E-state index contributed by atoms with van der Waals surface area (Å²) in [6.45, 7) is 1.46. The standard InChI is InChI=1S/C16H14N2O3/c1-10(19)17-11-6-8-12(9-7-11)18-15-13-4-2-3-5-14(13)16(20)21-15/h2-9,15,18H,1H3,(H,17,19)/t15-/m1/s1. The number of benzene rings is 2. The molecule has 0 fully saturated rings. The Morgan fingerprint density at radius 2 is 1.71 bits per heavy atom. The van der Waals surface area contributed by atoms with E-state index in [9.17, 15) is 9.59 Å². The molecule has 106 valence electrons. The molecule has 1 aliphatic heterocycles. The molecule has 2 aromatic rings. The summed E-state index contributed by atoms with van der Waals surface area (Å²) in [4.78, 5) is 22.7. The minimum Gasteiger partial charge on any atom is -0.434 e. The van der Waals surface area contributed by atoms with Gasteiger partial charge in [0.15, 0.2) is 0 Å². The lowest BCUT2D eigenvalue weighted by Gasteiger charge is -2.14. The number of fused-ring (bicyclic) bond motifs is 1. The van der Waals surface area contributed by atoms with Gasteiger partial charge in [-0.05, 0) is 30.3 Å². The summed E-state index contributed by atoms with van der Waals surface area (Å²) >= 11 is 0. The van der Waals surface area contributed by atoms with Crippen LogP contribution in [0.25, 0.3) is 0 Å². The molecular formula is C16H14N2O3. The largest absolute Gasteiger partial charge is 0.434 e. The van der Waals surface area contributed by atoms with Crippen molar-refractivity contribution < 1.29 is 14.3 Å². The summed E-state index contributed by atoms with van der Waals surface area (Å²) in [7, 11) is 0. The van der Waals surface area contributed by atoms with E-state index in [1.807, 2.05) is 30.3 Å². The van der Waals surface area contributed by atoms with E-state index >= 15 is 0 Å². The highest BCUT2D eigenvalue weighted by atomic mass is 16.6. The van der Waals surface area contributed by atoms with Crippen LogP contribution in [-0.2, 0) is 9.53 Å². The van der Waals surface area contributed by atoms with Gasteiger partial charge in [-0.3, -0.25) is 4.79 Å². The number of hydrogen-bond acceptors (Lipinski definition) is 4. The summed E-state index contributed by atoms with van der Waals surface area (Å²) in [6, 6.07) is 14.5. The third kappa shape index (κ3) is 2.72. The number of rotatable bonds is 3. The molecule has 3 rings (SSSR count). The highest BCUT2D eigenvalue weighted by molar-refractivity contribution is 5.94. The molecule has 2 aromatic carbocycles. The third-order valence-corrected chi connectivity index (χ3v) is 3.19. The number of hydrogen-bond donors (Lipinski definition) is 2. The van der Waals surface area contributed by atoms with Crippen molar-refractivity contribution in [2.45, 2.75) is 13.2 Å². The van der Waals surface area contributed by atoms with E-state index in [0.29, 0.717) is 5.56 Å². The van der Waals surface area contributed by atoms with E-state index in [1.54, 1.807) is 18.2 Å². The average molecular weight is 282 g/mol. The second-order valence-corrected chi connectivity index (χ2v) is 4.78. The molecule has 0 saturated carbocycles. The minimum atomic E-state index is -0.486. The molecule has 2 N–H and O–H groups in total. The predicted molar refractivity (Wildman–Crippen MR) is 79.0 cm³/mol. The number of esters is 1. The molecule has 0 bridgehead atoms. The second-order valence-electron chi connectivity index (χ2n) is 4.78. The molecule has 5 nitrogen and oxygen atoms in total. The summed E-state index contributed by atoms with van der Waals surface area (Å²) in [5, 5.41) is 5.85. The fourth-order valence-corrected chi connectivity index (χ4v) is 2.26. The van der Waals surface area contributed by atoms with Crippen molar-refractivity contribution in [3.05, 3.63) is 59.7 Å². The van der Waals surface area contributed by atoms with Gasteiger partial charge >= 0.3 is 5.97 Å². The Balaban J connectivity index is 1.76. The number of carbonyl (C=O) groups is 2. The maximum absolute atomic E-state index is 11.7. The minimum absolute atomic E-state index is 0.116. The summed E-state index contributed by atoms with van der Waals surface area (Å²) < 4.78 is 5.31. The van der Waals surface area contributed by atoms with Gasteiger partial charge in [0.2, 0.25) is 12.1 Å². The molecule has 0 unspecified atom stereocenters. The molecule has 0 aromatic heterocycles. The van der Waals surface area contributed by atoms with Crippen LogP contribution in [0.15, 0.2) is 48.5 Å². The highest BCUT2D eigenvalue weighted by Crippen LogP contribution is 2.31. The normalized spacial score (nSPS) is 16.0. The molecule has 0 spiro atoms. The molecule has 5 heteroatoms. The number of carbonyl (C=O) groups excluding carboxylic acids is 2. The van der Waals surface area contributed by atoms with Crippen LogP contribution < -0.4 is 10.6 Å². The van der Waals surface area contributed by atoms with Gasteiger partial charge in [-0.1, -0.05) is 18.2 Å². The maximum atomic E-state index is 11.7. The van der Waals surface area contributed by atoms with Gasteiger partial charge < -0.3 is 15.4 Å². The van der Waals surface area contributed by atoms with E-state index in [-0.39, 0.29) is 11.9 Å². The van der Waals surface area contributed by atoms with Crippen LogP contribution in [0.2, 0.25) is 0 Å². The summed E-state index contributed by atoms with van der Waals surface area (Å²) in [5.41, 5.74) is 2.94. The van der Waals surface area contributed by atoms with Crippen LogP contribution in [0.3, 0.4) is 0 Å². The molecule has 21 heavy (non-hydrogen) atoms. The van der Waals surface area contributed by atoms with E-state index in [4.69, 9.17) is 4.74 Å². The van der Waals surface area contributed by atoms with Crippen LogP contribution >= 0.6 is 0 Å². The molecule has 0 aliphatic carbocycles. The molecule has 0 radical (unpaired) electrons. The monoisotopic (exact) mass is 282 g/mol. The number of nitrogens with one attached hydrogen (secondary N) is 2. The van der Waals surface area contributed by atoms with Crippen molar-refractivity contribution in [3.63, 3.8) is 0 Å². The van der Waals surface area contributed by atoms with Crippen molar-refractivity contribution in [3.8, 4) is 0 Å². The number of ether oxygens (including phenoxy) is 1. The summed E-state index contributed by atoms with van der Waals surface area (Å²) in [6.07, 6.45) is -0.486.